The third-order valence-electron chi connectivity index (χ3n) is 6.88. The molecule has 1 aromatic carbocycles. The summed E-state index contributed by atoms with van der Waals surface area (Å²) in [5.41, 5.74) is 1.18. The van der Waals surface area contributed by atoms with Gasteiger partial charge < -0.3 is 18.9 Å². The average molecular weight is 491 g/mol. The molecule has 1 fully saturated rings. The van der Waals surface area contributed by atoms with E-state index in [0.717, 1.165) is 32.5 Å². The van der Waals surface area contributed by atoms with Crippen molar-refractivity contribution in [3.05, 3.63) is 35.9 Å². The van der Waals surface area contributed by atoms with Crippen molar-refractivity contribution in [3.63, 3.8) is 0 Å². The van der Waals surface area contributed by atoms with E-state index in [9.17, 15) is 0 Å². The maximum atomic E-state index is 6.14. The van der Waals surface area contributed by atoms with Crippen LogP contribution >= 0.6 is 0 Å². The molecule has 1 aromatic rings. The molecule has 0 saturated carbocycles. The Morgan fingerprint density at radius 3 is 2.00 bits per heavy atom. The van der Waals surface area contributed by atoms with Gasteiger partial charge in [-0.25, -0.2) is 0 Å². The molecule has 0 aromatic heterocycles. The van der Waals surface area contributed by atoms with Gasteiger partial charge >= 0.3 is 0 Å². The SMILES string of the molecule is CCCCCCCCCCCCCCCCOCC(CO[C@H]1CCCCO1)OCc1ccccc1. The molecular weight excluding hydrogens is 436 g/mol. The minimum absolute atomic E-state index is 0.0626. The van der Waals surface area contributed by atoms with E-state index < -0.39 is 0 Å². The lowest BCUT2D eigenvalue weighted by Gasteiger charge is -2.25. The Balaban J connectivity index is 1.45. The van der Waals surface area contributed by atoms with Crippen molar-refractivity contribution in [2.24, 2.45) is 0 Å². The van der Waals surface area contributed by atoms with E-state index in [1.165, 1.54) is 95.5 Å². The molecule has 1 saturated heterocycles. The van der Waals surface area contributed by atoms with Crippen molar-refractivity contribution in [3.8, 4) is 0 Å². The first-order valence-corrected chi connectivity index (χ1v) is 14.8. The number of ether oxygens (including phenoxy) is 4. The molecule has 4 nitrogen and oxygen atoms in total. The van der Waals surface area contributed by atoms with Gasteiger partial charge in [0.1, 0.15) is 6.10 Å². The van der Waals surface area contributed by atoms with E-state index in [2.05, 4.69) is 19.1 Å². The molecular formula is C31H54O4. The molecule has 1 heterocycles. The lowest BCUT2D eigenvalue weighted by Crippen LogP contribution is -2.31. The first kappa shape index (κ1) is 30.3. The second-order valence-corrected chi connectivity index (χ2v) is 10.2. The number of rotatable bonds is 23. The fourth-order valence-electron chi connectivity index (χ4n) is 4.60. The molecule has 1 aliphatic rings. The average Bonchev–Trinajstić information content (AvgIpc) is 2.90. The Hall–Kier alpha value is -0.940. The van der Waals surface area contributed by atoms with Crippen molar-refractivity contribution < 1.29 is 18.9 Å². The molecule has 0 spiro atoms. The van der Waals surface area contributed by atoms with Gasteiger partial charge in [0.2, 0.25) is 0 Å². The highest BCUT2D eigenvalue weighted by Crippen LogP contribution is 2.16. The van der Waals surface area contributed by atoms with Crippen LogP contribution in [0.3, 0.4) is 0 Å². The summed E-state index contributed by atoms with van der Waals surface area (Å²) in [7, 11) is 0. The van der Waals surface area contributed by atoms with Crippen LogP contribution < -0.4 is 0 Å². The van der Waals surface area contributed by atoms with Crippen molar-refractivity contribution in [1.82, 2.24) is 0 Å². The van der Waals surface area contributed by atoms with Crippen LogP contribution in [-0.4, -0.2) is 38.8 Å². The van der Waals surface area contributed by atoms with Gasteiger partial charge in [0.05, 0.1) is 19.8 Å². The van der Waals surface area contributed by atoms with E-state index in [-0.39, 0.29) is 12.4 Å². The smallest absolute Gasteiger partial charge is 0.157 e. The van der Waals surface area contributed by atoms with Gasteiger partial charge in [0.25, 0.3) is 0 Å². The predicted octanol–water partition coefficient (Wildman–Crippen LogP) is 8.61. The van der Waals surface area contributed by atoms with E-state index in [1.54, 1.807) is 0 Å². The first-order chi connectivity index (χ1) is 17.4. The molecule has 1 unspecified atom stereocenters. The summed E-state index contributed by atoms with van der Waals surface area (Å²) in [6, 6.07) is 10.3. The molecule has 0 aliphatic carbocycles. The summed E-state index contributed by atoms with van der Waals surface area (Å²) in [4.78, 5) is 0. The topological polar surface area (TPSA) is 36.9 Å². The Morgan fingerprint density at radius 1 is 0.771 bits per heavy atom. The summed E-state index contributed by atoms with van der Waals surface area (Å²) in [5, 5.41) is 0. The number of hydrogen-bond acceptors (Lipinski definition) is 4. The summed E-state index contributed by atoms with van der Waals surface area (Å²) < 4.78 is 23.8. The minimum atomic E-state index is -0.0858. The fourth-order valence-corrected chi connectivity index (χ4v) is 4.60. The van der Waals surface area contributed by atoms with Crippen LogP contribution in [0.15, 0.2) is 30.3 Å². The summed E-state index contributed by atoms with van der Waals surface area (Å²) in [5.74, 6) is 0. The van der Waals surface area contributed by atoms with Crippen molar-refractivity contribution >= 4 is 0 Å². The second-order valence-electron chi connectivity index (χ2n) is 10.2. The zero-order chi connectivity index (χ0) is 24.7. The van der Waals surface area contributed by atoms with Gasteiger partial charge in [-0.1, -0.05) is 121 Å². The van der Waals surface area contributed by atoms with Gasteiger partial charge in [-0.3, -0.25) is 0 Å². The highest BCUT2D eigenvalue weighted by molar-refractivity contribution is 5.13. The monoisotopic (exact) mass is 490 g/mol. The molecule has 0 bridgehead atoms. The van der Waals surface area contributed by atoms with E-state index >= 15 is 0 Å². The van der Waals surface area contributed by atoms with Crippen LogP contribution in [0.2, 0.25) is 0 Å². The Morgan fingerprint density at radius 2 is 1.40 bits per heavy atom. The highest BCUT2D eigenvalue weighted by Gasteiger charge is 2.18. The maximum Gasteiger partial charge on any atom is 0.157 e. The Labute approximate surface area is 216 Å². The number of benzene rings is 1. The standard InChI is InChI=1S/C31H54O4/c1-2-3-4-5-6-7-8-9-10-11-12-13-14-19-24-32-27-30(28-35-31-23-18-20-25-33-31)34-26-29-21-16-15-17-22-29/h15-17,21-22,30-31H,2-14,18-20,23-28H2,1H3/t30?,31-/m0/s1. The first-order valence-electron chi connectivity index (χ1n) is 14.8. The van der Waals surface area contributed by atoms with Gasteiger partial charge in [-0.2, -0.15) is 0 Å². The third-order valence-corrected chi connectivity index (χ3v) is 6.88. The molecule has 2 rings (SSSR count). The minimum Gasteiger partial charge on any atom is -0.379 e. The summed E-state index contributed by atoms with van der Waals surface area (Å²) in [6.45, 7) is 5.59. The fraction of sp³-hybridized carbons (Fsp3) is 0.806. The van der Waals surface area contributed by atoms with Gasteiger partial charge in [0.15, 0.2) is 6.29 Å². The van der Waals surface area contributed by atoms with Crippen molar-refractivity contribution in [2.75, 3.05) is 26.4 Å². The van der Waals surface area contributed by atoms with Crippen LogP contribution in [0, 0.1) is 0 Å². The van der Waals surface area contributed by atoms with Crippen molar-refractivity contribution in [1.29, 1.82) is 0 Å². The molecule has 202 valence electrons. The molecule has 2 atom stereocenters. The number of hydrogen-bond donors (Lipinski definition) is 0. The van der Waals surface area contributed by atoms with Crippen LogP contribution in [0.1, 0.15) is 122 Å². The number of unbranched alkanes of at least 4 members (excludes halogenated alkanes) is 13. The normalized spacial score (nSPS) is 17.0. The van der Waals surface area contributed by atoms with Gasteiger partial charge in [-0.15, -0.1) is 0 Å². The molecule has 0 N–H and O–H groups in total. The Bertz CT molecular complexity index is 558. The van der Waals surface area contributed by atoms with E-state index in [1.807, 2.05) is 18.2 Å². The largest absolute Gasteiger partial charge is 0.379 e. The van der Waals surface area contributed by atoms with Crippen LogP contribution in [0.25, 0.3) is 0 Å². The molecule has 35 heavy (non-hydrogen) atoms. The zero-order valence-corrected chi connectivity index (χ0v) is 22.7. The quantitative estimate of drug-likeness (QED) is 0.144. The third kappa shape index (κ3) is 17.2. The van der Waals surface area contributed by atoms with E-state index in [4.69, 9.17) is 18.9 Å². The summed E-state index contributed by atoms with van der Waals surface area (Å²) in [6.07, 6.45) is 22.4. The zero-order valence-electron chi connectivity index (χ0n) is 22.7. The maximum absolute atomic E-state index is 6.14. The van der Waals surface area contributed by atoms with Crippen LogP contribution in [0.5, 0.6) is 0 Å². The summed E-state index contributed by atoms with van der Waals surface area (Å²) >= 11 is 0. The molecule has 0 radical (unpaired) electrons. The van der Waals surface area contributed by atoms with Gasteiger partial charge in [-0.05, 0) is 31.2 Å². The van der Waals surface area contributed by atoms with Crippen LogP contribution in [0.4, 0.5) is 0 Å². The molecule has 1 aliphatic heterocycles. The van der Waals surface area contributed by atoms with Crippen molar-refractivity contribution in [2.45, 2.75) is 135 Å². The lowest BCUT2D eigenvalue weighted by atomic mass is 10.0. The molecule has 0 amide bonds. The lowest BCUT2D eigenvalue weighted by molar-refractivity contribution is -0.186. The molecule has 4 heteroatoms. The highest BCUT2D eigenvalue weighted by atomic mass is 16.7. The van der Waals surface area contributed by atoms with E-state index in [0.29, 0.717) is 19.8 Å². The predicted molar refractivity (Wildman–Crippen MR) is 146 cm³/mol. The van der Waals surface area contributed by atoms with Gasteiger partial charge in [0, 0.05) is 13.2 Å². The van der Waals surface area contributed by atoms with Crippen LogP contribution in [-0.2, 0) is 25.6 Å². The second kappa shape index (κ2) is 22.3. The Kier molecular flexibility index (Phi) is 19.3.